The molecular weight excluding hydrogens is 266 g/mol. The second kappa shape index (κ2) is 6.04. The lowest BCUT2D eigenvalue weighted by molar-refractivity contribution is 0.188. The highest BCUT2D eigenvalue weighted by molar-refractivity contribution is 7.12. The first-order chi connectivity index (χ1) is 9.79. The van der Waals surface area contributed by atoms with E-state index in [1.165, 1.54) is 28.2 Å². The Labute approximate surface area is 124 Å². The second-order valence-electron chi connectivity index (χ2n) is 5.38. The number of rotatable bonds is 4. The molecule has 2 unspecified atom stereocenters. The highest BCUT2D eigenvalue weighted by Crippen LogP contribution is 2.39. The molecule has 0 bridgehead atoms. The van der Waals surface area contributed by atoms with Crippen LogP contribution in [0.5, 0.6) is 0 Å². The molecule has 3 rings (SSSR count). The van der Waals surface area contributed by atoms with E-state index in [0.29, 0.717) is 18.6 Å². The van der Waals surface area contributed by atoms with E-state index < -0.39 is 0 Å². The molecule has 3 nitrogen and oxygen atoms in total. The smallest absolute Gasteiger partial charge is 0.0569 e. The van der Waals surface area contributed by atoms with E-state index >= 15 is 0 Å². The summed E-state index contributed by atoms with van der Waals surface area (Å²) in [6.07, 6.45) is 6.23. The fourth-order valence-corrected chi connectivity index (χ4v) is 4.16. The Hall–Kier alpha value is -1.23. The highest BCUT2D eigenvalue weighted by Gasteiger charge is 2.32. The lowest BCUT2D eigenvalue weighted by atomic mass is 10.0. The maximum atomic E-state index is 6.09. The molecule has 4 heteroatoms. The molecule has 3 heterocycles. The van der Waals surface area contributed by atoms with Gasteiger partial charge in [-0.1, -0.05) is 0 Å². The third-order valence-electron chi connectivity index (χ3n) is 4.10. The maximum absolute atomic E-state index is 6.09. The van der Waals surface area contributed by atoms with E-state index in [1.807, 2.05) is 23.7 Å². The van der Waals surface area contributed by atoms with Crippen LogP contribution in [0.1, 0.15) is 40.2 Å². The Morgan fingerprint density at radius 3 is 2.80 bits per heavy atom. The quantitative estimate of drug-likeness (QED) is 0.938. The lowest BCUT2D eigenvalue weighted by Gasteiger charge is -2.32. The Morgan fingerprint density at radius 1 is 1.35 bits per heavy atom. The van der Waals surface area contributed by atoms with Crippen LogP contribution in [0.15, 0.2) is 36.7 Å². The average Bonchev–Trinajstić information content (AvgIpc) is 3.11. The molecule has 0 amide bonds. The van der Waals surface area contributed by atoms with Crippen LogP contribution in [0, 0.1) is 6.92 Å². The third kappa shape index (κ3) is 2.64. The molecule has 0 aromatic carbocycles. The summed E-state index contributed by atoms with van der Waals surface area (Å²) in [4.78, 5) is 9.45. The third-order valence-corrected chi connectivity index (χ3v) is 5.20. The molecule has 0 saturated carbocycles. The van der Waals surface area contributed by atoms with Gasteiger partial charge in [-0.3, -0.25) is 9.88 Å². The van der Waals surface area contributed by atoms with Gasteiger partial charge in [0.1, 0.15) is 0 Å². The molecule has 1 aliphatic rings. The summed E-state index contributed by atoms with van der Waals surface area (Å²) < 4.78 is 0. The minimum absolute atomic E-state index is 0.342. The van der Waals surface area contributed by atoms with Gasteiger partial charge in [0.2, 0.25) is 0 Å². The van der Waals surface area contributed by atoms with Crippen LogP contribution in [-0.2, 0) is 0 Å². The molecule has 0 radical (unpaired) electrons. The van der Waals surface area contributed by atoms with Crippen LogP contribution in [0.3, 0.4) is 0 Å². The molecular formula is C16H21N3S. The molecule has 2 aromatic heterocycles. The van der Waals surface area contributed by atoms with Gasteiger partial charge in [-0.2, -0.15) is 0 Å². The summed E-state index contributed by atoms with van der Waals surface area (Å²) in [5.74, 6) is 0. The van der Waals surface area contributed by atoms with Crippen molar-refractivity contribution in [3.63, 3.8) is 0 Å². The number of nitrogens with zero attached hydrogens (tertiary/aromatic N) is 2. The van der Waals surface area contributed by atoms with E-state index in [9.17, 15) is 0 Å². The van der Waals surface area contributed by atoms with E-state index in [1.54, 1.807) is 0 Å². The molecule has 2 N–H and O–H groups in total. The summed E-state index contributed by atoms with van der Waals surface area (Å²) in [5, 5.41) is 0. The largest absolute Gasteiger partial charge is 0.329 e. The SMILES string of the molecule is Cc1ccc(C(CN)N2CCCC2c2ccncc2)s1. The van der Waals surface area contributed by atoms with Gasteiger partial charge in [0.25, 0.3) is 0 Å². The molecule has 1 saturated heterocycles. The van der Waals surface area contributed by atoms with E-state index in [4.69, 9.17) is 5.73 Å². The van der Waals surface area contributed by atoms with Crippen molar-refractivity contribution < 1.29 is 0 Å². The zero-order valence-electron chi connectivity index (χ0n) is 11.8. The minimum Gasteiger partial charge on any atom is -0.329 e. The first-order valence-corrected chi connectivity index (χ1v) is 8.03. The number of aryl methyl sites for hydroxylation is 1. The van der Waals surface area contributed by atoms with Gasteiger partial charge in [-0.25, -0.2) is 0 Å². The fourth-order valence-electron chi connectivity index (χ4n) is 3.15. The van der Waals surface area contributed by atoms with Crippen molar-refractivity contribution in [3.8, 4) is 0 Å². The molecule has 2 atom stereocenters. The van der Waals surface area contributed by atoms with Crippen LogP contribution in [0.4, 0.5) is 0 Å². The van der Waals surface area contributed by atoms with Crippen LogP contribution >= 0.6 is 11.3 Å². The molecule has 106 valence electrons. The van der Waals surface area contributed by atoms with Crippen LogP contribution in [-0.4, -0.2) is 23.0 Å². The normalized spacial score (nSPS) is 21.2. The summed E-state index contributed by atoms with van der Waals surface area (Å²) in [6.45, 7) is 3.97. The van der Waals surface area contributed by atoms with Gasteiger partial charge >= 0.3 is 0 Å². The lowest BCUT2D eigenvalue weighted by Crippen LogP contribution is -2.33. The monoisotopic (exact) mass is 287 g/mol. The number of hydrogen-bond donors (Lipinski definition) is 1. The second-order valence-corrected chi connectivity index (χ2v) is 6.70. The molecule has 1 aliphatic heterocycles. The van der Waals surface area contributed by atoms with Gasteiger partial charge in [-0.15, -0.1) is 11.3 Å². The van der Waals surface area contributed by atoms with Crippen LogP contribution < -0.4 is 5.73 Å². The number of hydrogen-bond acceptors (Lipinski definition) is 4. The highest BCUT2D eigenvalue weighted by atomic mass is 32.1. The zero-order chi connectivity index (χ0) is 13.9. The Morgan fingerprint density at radius 2 is 2.15 bits per heavy atom. The molecule has 0 spiro atoms. The number of likely N-dealkylation sites (tertiary alicyclic amines) is 1. The maximum Gasteiger partial charge on any atom is 0.0569 e. The number of aromatic nitrogens is 1. The van der Waals surface area contributed by atoms with E-state index in [-0.39, 0.29) is 0 Å². The fraction of sp³-hybridized carbons (Fsp3) is 0.438. The van der Waals surface area contributed by atoms with Crippen molar-refractivity contribution in [1.29, 1.82) is 0 Å². The number of thiophene rings is 1. The van der Waals surface area contributed by atoms with Gasteiger partial charge < -0.3 is 5.73 Å². The van der Waals surface area contributed by atoms with Gasteiger partial charge in [-0.05, 0) is 56.1 Å². The van der Waals surface area contributed by atoms with Crippen LogP contribution in [0.25, 0.3) is 0 Å². The molecule has 1 fully saturated rings. The van der Waals surface area contributed by atoms with Gasteiger partial charge in [0.15, 0.2) is 0 Å². The van der Waals surface area contributed by atoms with E-state index in [2.05, 4.69) is 41.1 Å². The van der Waals surface area contributed by atoms with E-state index in [0.717, 1.165) is 6.54 Å². The number of pyridine rings is 1. The predicted octanol–water partition coefficient (Wildman–Crippen LogP) is 3.29. The number of nitrogens with two attached hydrogens (primary N) is 1. The summed E-state index contributed by atoms with van der Waals surface area (Å²) >= 11 is 1.87. The predicted molar refractivity (Wildman–Crippen MR) is 83.8 cm³/mol. The Balaban J connectivity index is 1.87. The topological polar surface area (TPSA) is 42.1 Å². The Kier molecular flexibility index (Phi) is 4.15. The molecule has 20 heavy (non-hydrogen) atoms. The van der Waals surface area contributed by atoms with Gasteiger partial charge in [0, 0.05) is 34.7 Å². The van der Waals surface area contributed by atoms with Crippen molar-refractivity contribution >= 4 is 11.3 Å². The standard InChI is InChI=1S/C16H21N3S/c1-12-4-5-16(20-12)15(11-17)19-10-2-3-14(19)13-6-8-18-9-7-13/h4-9,14-15H,2-3,10-11,17H2,1H3. The van der Waals surface area contributed by atoms with Crippen molar-refractivity contribution in [2.24, 2.45) is 5.73 Å². The summed E-state index contributed by atoms with van der Waals surface area (Å²) in [6, 6.07) is 9.52. The molecule has 2 aromatic rings. The van der Waals surface area contributed by atoms with Crippen molar-refractivity contribution in [2.45, 2.75) is 31.8 Å². The first kappa shape index (κ1) is 13.7. The average molecular weight is 287 g/mol. The van der Waals surface area contributed by atoms with Crippen molar-refractivity contribution in [1.82, 2.24) is 9.88 Å². The van der Waals surface area contributed by atoms with Crippen molar-refractivity contribution in [2.75, 3.05) is 13.1 Å². The Bertz CT molecular complexity index is 552. The first-order valence-electron chi connectivity index (χ1n) is 7.21. The summed E-state index contributed by atoms with van der Waals surface area (Å²) in [7, 11) is 0. The molecule has 0 aliphatic carbocycles. The van der Waals surface area contributed by atoms with Crippen LogP contribution in [0.2, 0.25) is 0 Å². The van der Waals surface area contributed by atoms with Gasteiger partial charge in [0.05, 0.1) is 6.04 Å². The minimum atomic E-state index is 0.342. The zero-order valence-corrected chi connectivity index (χ0v) is 12.6. The summed E-state index contributed by atoms with van der Waals surface area (Å²) in [5.41, 5.74) is 7.45. The van der Waals surface area contributed by atoms with Crippen molar-refractivity contribution in [3.05, 3.63) is 52.0 Å².